The molecule has 0 saturated heterocycles. The van der Waals surface area contributed by atoms with Crippen LogP contribution in [0.2, 0.25) is 0 Å². The molecule has 1 aromatic heterocycles. The molecule has 0 spiro atoms. The predicted octanol–water partition coefficient (Wildman–Crippen LogP) is 1.02. The third-order valence-electron chi connectivity index (χ3n) is 2.21. The van der Waals surface area contributed by atoms with Crippen LogP contribution < -0.4 is 10.7 Å². The number of nitrogens with zero attached hydrogens (tertiary/aromatic N) is 3. The van der Waals surface area contributed by atoms with E-state index in [0.29, 0.717) is 12.4 Å². The van der Waals surface area contributed by atoms with Crippen molar-refractivity contribution in [3.8, 4) is 0 Å². The van der Waals surface area contributed by atoms with Crippen molar-refractivity contribution >= 4 is 17.4 Å². The molecule has 0 bridgehead atoms. The van der Waals surface area contributed by atoms with Gasteiger partial charge in [-0.1, -0.05) is 6.92 Å². The van der Waals surface area contributed by atoms with E-state index >= 15 is 0 Å². The molecule has 0 aliphatic carbocycles. The van der Waals surface area contributed by atoms with Gasteiger partial charge in [0.1, 0.15) is 17.6 Å². The fourth-order valence-electron chi connectivity index (χ4n) is 1.39. The standard InChI is InChI=1S/C11H17N5O3/c1-4-5-12-10-6-8(11(17)14-15(2)3)9(7-13-10)16(18)19/h6-7H,4-5H2,1-3H3,(H,12,13)(H,14,17). The zero-order valence-electron chi connectivity index (χ0n) is 11.1. The zero-order valence-corrected chi connectivity index (χ0v) is 11.1. The minimum absolute atomic E-state index is 0.0210. The molecule has 1 heterocycles. The van der Waals surface area contributed by atoms with Gasteiger partial charge in [0.2, 0.25) is 0 Å². The lowest BCUT2D eigenvalue weighted by molar-refractivity contribution is -0.385. The minimum atomic E-state index is -0.624. The normalized spacial score (nSPS) is 10.3. The lowest BCUT2D eigenvalue weighted by atomic mass is 10.2. The first-order chi connectivity index (χ1) is 8.95. The Balaban J connectivity index is 3.08. The van der Waals surface area contributed by atoms with Crippen molar-refractivity contribution in [3.63, 3.8) is 0 Å². The number of carbonyl (C=O) groups excluding carboxylic acids is 1. The van der Waals surface area contributed by atoms with Gasteiger partial charge < -0.3 is 5.32 Å². The van der Waals surface area contributed by atoms with Crippen LogP contribution in [-0.2, 0) is 0 Å². The van der Waals surface area contributed by atoms with Crippen molar-refractivity contribution in [2.24, 2.45) is 0 Å². The van der Waals surface area contributed by atoms with Crippen LogP contribution in [0.3, 0.4) is 0 Å². The summed E-state index contributed by atoms with van der Waals surface area (Å²) in [6.45, 7) is 2.66. The van der Waals surface area contributed by atoms with Crippen molar-refractivity contribution in [1.29, 1.82) is 0 Å². The zero-order chi connectivity index (χ0) is 14.4. The maximum Gasteiger partial charge on any atom is 0.300 e. The van der Waals surface area contributed by atoms with Gasteiger partial charge in [-0.15, -0.1) is 0 Å². The molecule has 0 aromatic carbocycles. The van der Waals surface area contributed by atoms with Gasteiger partial charge in [-0.2, -0.15) is 0 Å². The van der Waals surface area contributed by atoms with E-state index in [2.05, 4.69) is 15.7 Å². The lowest BCUT2D eigenvalue weighted by Gasteiger charge is -2.12. The number of hydrazine groups is 1. The van der Waals surface area contributed by atoms with E-state index in [4.69, 9.17) is 0 Å². The van der Waals surface area contributed by atoms with E-state index in [9.17, 15) is 14.9 Å². The molecule has 8 heteroatoms. The molecule has 0 unspecified atom stereocenters. The van der Waals surface area contributed by atoms with Gasteiger partial charge in [-0.05, 0) is 6.42 Å². The third kappa shape index (κ3) is 4.18. The number of nitro groups is 1. The van der Waals surface area contributed by atoms with Crippen LogP contribution in [0, 0.1) is 10.1 Å². The number of hydrogen-bond donors (Lipinski definition) is 2. The molecule has 19 heavy (non-hydrogen) atoms. The van der Waals surface area contributed by atoms with E-state index < -0.39 is 10.8 Å². The molecule has 0 atom stereocenters. The fraction of sp³-hybridized carbons (Fsp3) is 0.455. The average Bonchev–Trinajstić information content (AvgIpc) is 2.35. The molecule has 0 radical (unpaired) electrons. The number of aromatic nitrogens is 1. The summed E-state index contributed by atoms with van der Waals surface area (Å²) in [4.78, 5) is 26.1. The van der Waals surface area contributed by atoms with E-state index in [0.717, 1.165) is 12.6 Å². The molecule has 0 fully saturated rings. The van der Waals surface area contributed by atoms with Gasteiger partial charge >= 0.3 is 0 Å². The molecule has 104 valence electrons. The van der Waals surface area contributed by atoms with Crippen LogP contribution in [0.1, 0.15) is 23.7 Å². The number of rotatable bonds is 6. The Kier molecular flexibility index (Phi) is 5.19. The Morgan fingerprint density at radius 3 is 2.74 bits per heavy atom. The van der Waals surface area contributed by atoms with Crippen LogP contribution in [0.15, 0.2) is 12.3 Å². The van der Waals surface area contributed by atoms with Gasteiger partial charge in [0.25, 0.3) is 11.6 Å². The Bertz CT molecular complexity index is 475. The maximum atomic E-state index is 11.9. The van der Waals surface area contributed by atoms with Crippen molar-refractivity contribution < 1.29 is 9.72 Å². The molecule has 8 nitrogen and oxygen atoms in total. The van der Waals surface area contributed by atoms with E-state index in [1.807, 2.05) is 6.92 Å². The summed E-state index contributed by atoms with van der Waals surface area (Å²) < 4.78 is 0. The molecule has 0 aliphatic heterocycles. The molecule has 1 rings (SSSR count). The van der Waals surface area contributed by atoms with Gasteiger partial charge in [-0.3, -0.25) is 20.3 Å². The Morgan fingerprint density at radius 1 is 1.53 bits per heavy atom. The summed E-state index contributed by atoms with van der Waals surface area (Å²) in [6, 6.07) is 1.38. The summed E-state index contributed by atoms with van der Waals surface area (Å²) >= 11 is 0. The monoisotopic (exact) mass is 267 g/mol. The first-order valence-corrected chi connectivity index (χ1v) is 5.82. The highest BCUT2D eigenvalue weighted by molar-refractivity contribution is 5.98. The second-order valence-corrected chi connectivity index (χ2v) is 4.11. The molecule has 0 saturated carbocycles. The summed E-state index contributed by atoms with van der Waals surface area (Å²) in [5.74, 6) is -0.102. The fourth-order valence-corrected chi connectivity index (χ4v) is 1.39. The third-order valence-corrected chi connectivity index (χ3v) is 2.21. The van der Waals surface area contributed by atoms with Gasteiger partial charge in [0.05, 0.1) is 4.92 Å². The first-order valence-electron chi connectivity index (χ1n) is 5.82. The van der Waals surface area contributed by atoms with E-state index in [1.165, 1.54) is 11.1 Å². The van der Waals surface area contributed by atoms with Crippen molar-refractivity contribution in [2.45, 2.75) is 13.3 Å². The van der Waals surface area contributed by atoms with Crippen LogP contribution in [0.25, 0.3) is 0 Å². The first kappa shape index (κ1) is 14.8. The number of nitrogens with one attached hydrogen (secondary N) is 2. The summed E-state index contributed by atoms with van der Waals surface area (Å²) in [5, 5.41) is 15.3. The number of pyridine rings is 1. The second kappa shape index (κ2) is 6.64. The number of carbonyl (C=O) groups is 1. The van der Waals surface area contributed by atoms with Crippen LogP contribution in [-0.4, -0.2) is 41.5 Å². The summed E-state index contributed by atoms with van der Waals surface area (Å²) in [7, 11) is 3.25. The Labute approximate surface area is 110 Å². The average molecular weight is 267 g/mol. The molecule has 1 amide bonds. The maximum absolute atomic E-state index is 11.9. The molecule has 0 aliphatic rings. The predicted molar refractivity (Wildman–Crippen MR) is 70.8 cm³/mol. The van der Waals surface area contributed by atoms with Crippen LogP contribution >= 0.6 is 0 Å². The van der Waals surface area contributed by atoms with Gasteiger partial charge in [-0.25, -0.2) is 9.99 Å². The number of anilines is 1. The number of hydrogen-bond acceptors (Lipinski definition) is 6. The van der Waals surface area contributed by atoms with Crippen molar-refractivity contribution in [3.05, 3.63) is 27.9 Å². The topological polar surface area (TPSA) is 100 Å². The van der Waals surface area contributed by atoms with E-state index in [1.54, 1.807) is 14.1 Å². The largest absolute Gasteiger partial charge is 0.370 e. The van der Waals surface area contributed by atoms with Crippen LogP contribution in [0.4, 0.5) is 11.5 Å². The quantitative estimate of drug-likeness (QED) is 0.589. The molecular formula is C11H17N5O3. The van der Waals surface area contributed by atoms with Crippen molar-refractivity contribution in [2.75, 3.05) is 26.0 Å². The van der Waals surface area contributed by atoms with Gasteiger partial charge in [0.15, 0.2) is 0 Å². The van der Waals surface area contributed by atoms with Gasteiger partial charge in [0, 0.05) is 26.7 Å². The molecule has 1 aromatic rings. The smallest absolute Gasteiger partial charge is 0.300 e. The highest BCUT2D eigenvalue weighted by Crippen LogP contribution is 2.20. The summed E-state index contributed by atoms with van der Waals surface area (Å²) in [5.41, 5.74) is 2.13. The Morgan fingerprint density at radius 2 is 2.21 bits per heavy atom. The number of amides is 1. The Hall–Kier alpha value is -2.22. The lowest BCUT2D eigenvalue weighted by Crippen LogP contribution is -2.36. The molecule has 2 N–H and O–H groups in total. The van der Waals surface area contributed by atoms with Crippen molar-refractivity contribution in [1.82, 2.24) is 15.4 Å². The minimum Gasteiger partial charge on any atom is -0.370 e. The van der Waals surface area contributed by atoms with E-state index in [-0.39, 0.29) is 11.3 Å². The highest BCUT2D eigenvalue weighted by Gasteiger charge is 2.21. The highest BCUT2D eigenvalue weighted by atomic mass is 16.6. The molecular weight excluding hydrogens is 250 g/mol. The van der Waals surface area contributed by atoms with Crippen LogP contribution in [0.5, 0.6) is 0 Å². The SMILES string of the molecule is CCCNc1cc(C(=O)NN(C)C)c([N+](=O)[O-])cn1. The summed E-state index contributed by atoms with van der Waals surface area (Å²) in [6.07, 6.45) is 1.97. The second-order valence-electron chi connectivity index (χ2n) is 4.11.